The molecule has 148 valence electrons. The average molecular weight is 410 g/mol. The summed E-state index contributed by atoms with van der Waals surface area (Å²) in [6.07, 6.45) is 1.96. The molecule has 1 amide bonds. The Hall–Kier alpha value is -3.05. The Morgan fingerprint density at radius 2 is 2.17 bits per heavy atom. The second-order valence-electron chi connectivity index (χ2n) is 7.17. The van der Waals surface area contributed by atoms with E-state index in [0.29, 0.717) is 38.8 Å². The summed E-state index contributed by atoms with van der Waals surface area (Å²) in [6, 6.07) is 6.55. The van der Waals surface area contributed by atoms with Gasteiger partial charge in [0.2, 0.25) is 0 Å². The molecule has 1 fully saturated rings. The molecule has 0 unspecified atom stereocenters. The topological polar surface area (TPSA) is 87.3 Å². The number of carbonyl (C=O) groups excluding carboxylic acids is 1. The first kappa shape index (κ1) is 19.3. The van der Waals surface area contributed by atoms with Crippen molar-refractivity contribution in [3.05, 3.63) is 67.3 Å². The third-order valence-electron chi connectivity index (χ3n) is 4.99. The van der Waals surface area contributed by atoms with E-state index in [9.17, 15) is 19.2 Å². The highest BCUT2D eigenvalue weighted by molar-refractivity contribution is 7.17. The van der Waals surface area contributed by atoms with E-state index in [0.717, 1.165) is 12.8 Å². The molecule has 4 rings (SSSR count). The first-order valence-electron chi connectivity index (χ1n) is 9.45. The lowest BCUT2D eigenvalue weighted by Crippen LogP contribution is -2.28. The van der Waals surface area contributed by atoms with Gasteiger partial charge in [0.05, 0.1) is 17.3 Å². The molecule has 3 aromatic rings. The SMILES string of the molecule is CCNC(=O)c1c(C)sc2nc(Cc3cc(C#N)cc(C4CC4)c3F)cc(=O)n12. The molecule has 2 aromatic heterocycles. The molecule has 2 heterocycles. The molecule has 0 spiro atoms. The van der Waals surface area contributed by atoms with Crippen molar-refractivity contribution in [1.82, 2.24) is 14.7 Å². The van der Waals surface area contributed by atoms with Gasteiger partial charge in [0.15, 0.2) is 4.96 Å². The molecule has 1 saturated carbocycles. The number of hydrogen-bond donors (Lipinski definition) is 1. The molecule has 6 nitrogen and oxygen atoms in total. The summed E-state index contributed by atoms with van der Waals surface area (Å²) in [5, 5.41) is 12.0. The fourth-order valence-corrected chi connectivity index (χ4v) is 4.50. The molecule has 0 atom stereocenters. The number of carbonyl (C=O) groups is 1. The number of rotatable bonds is 5. The Kier molecular flexibility index (Phi) is 4.92. The van der Waals surface area contributed by atoms with Crippen LogP contribution in [0.5, 0.6) is 0 Å². The first-order chi connectivity index (χ1) is 13.9. The molecule has 0 radical (unpaired) electrons. The molecule has 0 saturated heterocycles. The van der Waals surface area contributed by atoms with Crippen molar-refractivity contribution in [2.24, 2.45) is 0 Å². The number of halogens is 1. The number of hydrogen-bond acceptors (Lipinski definition) is 5. The summed E-state index contributed by atoms with van der Waals surface area (Å²) in [4.78, 5) is 30.6. The van der Waals surface area contributed by atoms with E-state index in [2.05, 4.69) is 16.4 Å². The average Bonchev–Trinajstić information content (AvgIpc) is 3.45. The number of fused-ring (bicyclic) bond motifs is 1. The molecule has 1 aliphatic carbocycles. The normalized spacial score (nSPS) is 13.4. The van der Waals surface area contributed by atoms with Gasteiger partial charge in [-0.05, 0) is 55.9 Å². The second kappa shape index (κ2) is 7.41. The third kappa shape index (κ3) is 3.54. The van der Waals surface area contributed by atoms with Crippen molar-refractivity contribution < 1.29 is 9.18 Å². The number of nitrogens with one attached hydrogen (secondary N) is 1. The van der Waals surface area contributed by atoms with Crippen LogP contribution >= 0.6 is 11.3 Å². The van der Waals surface area contributed by atoms with Crippen LogP contribution in [0.25, 0.3) is 4.96 Å². The fraction of sp³-hybridized carbons (Fsp3) is 0.333. The van der Waals surface area contributed by atoms with Gasteiger partial charge in [-0.25, -0.2) is 13.8 Å². The number of aromatic nitrogens is 2. The van der Waals surface area contributed by atoms with Gasteiger partial charge in [0.25, 0.3) is 11.5 Å². The summed E-state index contributed by atoms with van der Waals surface area (Å²) in [5.41, 5.74) is 1.65. The van der Waals surface area contributed by atoms with E-state index >= 15 is 0 Å². The number of aryl methyl sites for hydroxylation is 1. The van der Waals surface area contributed by atoms with Gasteiger partial charge in [-0.15, -0.1) is 11.3 Å². The molecule has 0 aliphatic heterocycles. The summed E-state index contributed by atoms with van der Waals surface area (Å²) in [6.45, 7) is 4.02. The van der Waals surface area contributed by atoms with Crippen LogP contribution in [0, 0.1) is 24.1 Å². The van der Waals surface area contributed by atoms with Crippen molar-refractivity contribution >= 4 is 22.2 Å². The van der Waals surface area contributed by atoms with Gasteiger partial charge in [0, 0.05) is 23.9 Å². The van der Waals surface area contributed by atoms with Crippen molar-refractivity contribution in [3.8, 4) is 6.07 Å². The maximum atomic E-state index is 15.0. The number of nitriles is 1. The second-order valence-corrected chi connectivity index (χ2v) is 8.35. The predicted molar refractivity (Wildman–Crippen MR) is 108 cm³/mol. The molecular formula is C21H19FN4O2S. The smallest absolute Gasteiger partial charge is 0.269 e. The van der Waals surface area contributed by atoms with E-state index in [1.807, 2.05) is 0 Å². The van der Waals surface area contributed by atoms with E-state index in [1.165, 1.54) is 27.9 Å². The summed E-state index contributed by atoms with van der Waals surface area (Å²) in [7, 11) is 0. The van der Waals surface area contributed by atoms with Crippen molar-refractivity contribution in [2.45, 2.75) is 39.0 Å². The van der Waals surface area contributed by atoms with Crippen LogP contribution in [0.4, 0.5) is 4.39 Å². The summed E-state index contributed by atoms with van der Waals surface area (Å²) >= 11 is 1.25. The van der Waals surface area contributed by atoms with Crippen molar-refractivity contribution in [1.29, 1.82) is 5.26 Å². The van der Waals surface area contributed by atoms with E-state index in [4.69, 9.17) is 0 Å². The zero-order valence-corrected chi connectivity index (χ0v) is 16.9. The summed E-state index contributed by atoms with van der Waals surface area (Å²) < 4.78 is 16.3. The van der Waals surface area contributed by atoms with Crippen molar-refractivity contribution in [3.63, 3.8) is 0 Å². The molecule has 1 N–H and O–H groups in total. The fourth-order valence-electron chi connectivity index (χ4n) is 3.51. The Morgan fingerprint density at radius 1 is 1.41 bits per heavy atom. The molecule has 8 heteroatoms. The molecule has 1 aromatic carbocycles. The Bertz CT molecular complexity index is 1230. The minimum atomic E-state index is -0.380. The van der Waals surface area contributed by atoms with Crippen molar-refractivity contribution in [2.75, 3.05) is 6.54 Å². The van der Waals surface area contributed by atoms with Gasteiger partial charge < -0.3 is 5.32 Å². The minimum absolute atomic E-state index is 0.111. The highest BCUT2D eigenvalue weighted by Gasteiger charge is 2.28. The molecular weight excluding hydrogens is 391 g/mol. The van der Waals surface area contributed by atoms with Gasteiger partial charge in [0.1, 0.15) is 11.5 Å². The lowest BCUT2D eigenvalue weighted by atomic mass is 9.99. The van der Waals surface area contributed by atoms with Crippen LogP contribution in [-0.4, -0.2) is 21.8 Å². The Morgan fingerprint density at radius 3 is 2.83 bits per heavy atom. The maximum absolute atomic E-state index is 15.0. The van der Waals surface area contributed by atoms with Crippen LogP contribution < -0.4 is 10.9 Å². The minimum Gasteiger partial charge on any atom is -0.351 e. The quantitative estimate of drug-likeness (QED) is 0.699. The largest absolute Gasteiger partial charge is 0.351 e. The molecule has 29 heavy (non-hydrogen) atoms. The zero-order chi connectivity index (χ0) is 20.7. The number of thiazole rings is 1. The summed E-state index contributed by atoms with van der Waals surface area (Å²) in [5.74, 6) is -0.476. The van der Waals surface area contributed by atoms with Crippen LogP contribution in [0.3, 0.4) is 0 Å². The van der Waals surface area contributed by atoms with Gasteiger partial charge >= 0.3 is 0 Å². The Labute approximate surface area is 170 Å². The molecule has 0 bridgehead atoms. The zero-order valence-electron chi connectivity index (χ0n) is 16.1. The number of benzene rings is 1. The van der Waals surface area contributed by atoms with Crippen LogP contribution in [0.1, 0.15) is 63.4 Å². The Balaban J connectivity index is 1.77. The molecule has 1 aliphatic rings. The van der Waals surface area contributed by atoms with Crippen LogP contribution in [0.15, 0.2) is 23.0 Å². The predicted octanol–water partition coefficient (Wildman–Crippen LogP) is 3.29. The standard InChI is InChI=1S/C21H19FN4O2S/c1-3-24-20(28)19-11(2)29-21-25-15(9-17(27)26(19)21)8-14-6-12(10-23)7-16(18(14)22)13-4-5-13/h6-7,9,13H,3-5,8H2,1-2H3,(H,24,28). The number of amides is 1. The number of nitrogens with zero attached hydrogens (tertiary/aromatic N) is 3. The third-order valence-corrected chi connectivity index (χ3v) is 5.94. The first-order valence-corrected chi connectivity index (χ1v) is 10.3. The monoisotopic (exact) mass is 410 g/mol. The lowest BCUT2D eigenvalue weighted by molar-refractivity contribution is 0.0949. The highest BCUT2D eigenvalue weighted by atomic mass is 32.1. The maximum Gasteiger partial charge on any atom is 0.269 e. The van der Waals surface area contributed by atoms with E-state index in [1.54, 1.807) is 19.9 Å². The van der Waals surface area contributed by atoms with E-state index < -0.39 is 0 Å². The van der Waals surface area contributed by atoms with Gasteiger partial charge in [-0.1, -0.05) is 0 Å². The van der Waals surface area contributed by atoms with Crippen LogP contribution in [-0.2, 0) is 6.42 Å². The van der Waals surface area contributed by atoms with Crippen LogP contribution in [0.2, 0.25) is 0 Å². The lowest BCUT2D eigenvalue weighted by Gasteiger charge is -2.09. The van der Waals surface area contributed by atoms with Gasteiger partial charge in [-0.3, -0.25) is 9.59 Å². The van der Waals surface area contributed by atoms with Gasteiger partial charge in [-0.2, -0.15) is 5.26 Å². The van der Waals surface area contributed by atoms with E-state index in [-0.39, 0.29) is 35.3 Å². The highest BCUT2D eigenvalue weighted by Crippen LogP contribution is 2.42.